The number of hydrogen-bond donors (Lipinski definition) is 5. The molecule has 0 aliphatic carbocycles. The first-order chi connectivity index (χ1) is 63.5. The van der Waals surface area contributed by atoms with Gasteiger partial charge in [-0.1, -0.05) is 71.4 Å². The molecule has 1 aromatic carbocycles. The Morgan fingerprint density at radius 1 is 0.368 bits per heavy atom. The van der Waals surface area contributed by atoms with Crippen LogP contribution in [0, 0.1) is 0 Å². The SMILES string of the molecule is Brc1cncc(Br)c1.C=C(C)C(=O)CCCCCC(=O)c1cncc(-c2cncc(-c3cccnc3)c2)c1.COC(=O)c1cncc(-c2cncc(-c3cccnc3)c2)c1.COC(=O)c1cncc(-c2cncc(Br)c2)c1.COC(=O)c1cncc(O[B]O)c1.O=C(O)c1cncc(-c2cncc(-c3cccnc3)c2)c1.OB(O)c1ccccc1CBr.O[B]Oc1cccnc1.[3H-].[Li+].[OH-]. The Balaban J connectivity index is 0.000000279. The summed E-state index contributed by atoms with van der Waals surface area (Å²) in [4.78, 5) is 126. The molecular weight excluding hydrogens is 1960 g/mol. The van der Waals surface area contributed by atoms with Gasteiger partial charge in [-0.15, -0.1) is 0 Å². The van der Waals surface area contributed by atoms with Gasteiger partial charge >= 0.3 is 65.2 Å². The normalized spacial score (nSPS) is 9.80. The molecule has 0 saturated heterocycles. The molecule has 15 rings (SSSR count). The number of allylic oxidation sites excluding steroid dienone is 1. The molecule has 0 aliphatic heterocycles. The summed E-state index contributed by atoms with van der Waals surface area (Å²) in [6.45, 7) is 5.39. The van der Waals surface area contributed by atoms with Crippen molar-refractivity contribution in [3.8, 4) is 89.4 Å². The van der Waals surface area contributed by atoms with Crippen LogP contribution in [-0.4, -0.2) is 180 Å². The molecule has 2 radical (unpaired) electrons. The number of unbranched alkanes of at least 4 members (excludes halogenated alkanes) is 2. The maximum atomic E-state index is 12.6. The number of carbonyl (C=O) groups is 6. The number of methoxy groups -OCH3 is 3. The molecule has 0 fully saturated rings. The van der Waals surface area contributed by atoms with Crippen molar-refractivity contribution in [3.05, 3.63) is 366 Å². The summed E-state index contributed by atoms with van der Waals surface area (Å²) >= 11 is 13.1. The third kappa shape index (κ3) is 37.3. The summed E-state index contributed by atoms with van der Waals surface area (Å²) in [5.41, 5.74) is 16.3. The standard InChI is InChI=1S/C25H25N3O2.C17H13N3O2.C16H11N3O2.C12H9BrN2O2.C7H8BBrO2.C7H7BNO4.C5H5BNO2.C5H3Br2N.Li.H2O.H/c1-18(2)24(29)8-4-3-5-9-25(30)23-12-22(16-28-17-23)21-11-20(14-27-15-21)19-7-6-10-26-13-19;1-22-17(21)16-6-15(10-20-11-16)14-5-13(8-19-9-14)12-3-2-4-18-7-12;20-16(21)15-5-14(9-19-10-15)13-4-12(7-18-8-13)11-2-1-3-17-6-11;1-17-12(16)10-2-8(4-14-6-10)9-3-11(13)7-15-5-9;9-5-6-3-1-2-4-7(6)8(10)11;1-12-7(10)5-2-6(13-8-11)4-9-3-5;8-6-9-5-2-1-3-7-4-5;6-4-1-5(7)3-8-2-4;;;/h6-7,10-17H,1,3-5,8-9H2,2H3;2-11H,1H3;1-10H,(H,20,21);2-7H,1H3;1-4,10-11H,5H2;2-4,11H,1H3;1-4,8H;1-3H;;1H2;/q;;;;;;;;+1;;-1/p-1/i;;;;;;;;;;1+2. The average Bonchev–Trinajstić information content (AvgIpc) is 0.837. The second kappa shape index (κ2) is 59.6. The number of ether oxygens (including phenoxy) is 3. The molecule has 0 unspecified atom stereocenters. The number of Topliss-reactive ketones (excluding diaryl/α,β-unsaturated/α-hetero) is 2. The fourth-order valence-electron chi connectivity index (χ4n) is 11.2. The van der Waals surface area contributed by atoms with Crippen molar-refractivity contribution in [2.75, 3.05) is 21.3 Å². The van der Waals surface area contributed by atoms with Gasteiger partial charge in [-0.3, -0.25) is 79.4 Å². The predicted molar refractivity (Wildman–Crippen MR) is 513 cm³/mol. The smallest absolute Gasteiger partial charge is 1.00 e. The Morgan fingerprint density at radius 3 is 1.05 bits per heavy atom. The molecular formula is C94H83B3Br4LiN14O17-. The van der Waals surface area contributed by atoms with Crippen molar-refractivity contribution in [3.63, 3.8) is 0 Å². The third-order valence-electron chi connectivity index (χ3n) is 17.7. The van der Waals surface area contributed by atoms with Gasteiger partial charge in [0.15, 0.2) is 11.6 Å². The van der Waals surface area contributed by atoms with Crippen LogP contribution in [0.5, 0.6) is 11.5 Å². The molecule has 0 saturated carbocycles. The molecule has 0 atom stereocenters. The van der Waals surface area contributed by atoms with Gasteiger partial charge in [-0.2, -0.15) is 0 Å². The Bertz CT molecular complexity index is 6210. The molecule has 15 aromatic rings. The summed E-state index contributed by atoms with van der Waals surface area (Å²) in [5, 5.41) is 43.9. The van der Waals surface area contributed by atoms with Gasteiger partial charge in [0.2, 0.25) is 0 Å². The molecule has 0 spiro atoms. The number of alkyl halides is 1. The van der Waals surface area contributed by atoms with Gasteiger partial charge in [-0.25, -0.2) is 19.2 Å². The molecule has 39 heteroatoms. The minimum absolute atomic E-state index is 0. The van der Waals surface area contributed by atoms with Gasteiger partial charge in [0.05, 0.1) is 56.0 Å². The van der Waals surface area contributed by atoms with Gasteiger partial charge in [-0.05, 0) is 175 Å². The van der Waals surface area contributed by atoms with Crippen LogP contribution < -0.4 is 33.6 Å². The number of halogens is 4. The Kier molecular flexibility index (Phi) is 48.5. The summed E-state index contributed by atoms with van der Waals surface area (Å²) in [6.07, 6.45) is 49.7. The largest absolute Gasteiger partial charge is 1.00 e. The molecule has 6 N–H and O–H groups in total. The molecule has 0 aliphatic rings. The first kappa shape index (κ1) is 108. The van der Waals surface area contributed by atoms with Crippen molar-refractivity contribution >= 4 is 127 Å². The summed E-state index contributed by atoms with van der Waals surface area (Å²) in [5.74, 6) is -1.36. The van der Waals surface area contributed by atoms with Crippen LogP contribution in [0.15, 0.2) is 333 Å². The summed E-state index contributed by atoms with van der Waals surface area (Å²) < 4.78 is 25.9. The number of rotatable bonds is 25. The number of ketones is 2. The Hall–Kier alpha value is -13.6. The van der Waals surface area contributed by atoms with Gasteiger partial charge < -0.3 is 55.6 Å². The zero-order chi connectivity index (χ0) is 94.1. The number of aromatic nitrogens is 14. The van der Waals surface area contributed by atoms with E-state index >= 15 is 0 Å². The predicted octanol–water partition coefficient (Wildman–Crippen LogP) is 13.6. The second-order valence-corrected chi connectivity index (χ2v) is 30.2. The number of nitrogens with zero attached hydrogens (tertiary/aromatic N) is 14. The van der Waals surface area contributed by atoms with E-state index in [0.29, 0.717) is 72.6 Å². The first-order valence-electron chi connectivity index (χ1n) is 39.1. The fourth-order valence-corrected chi connectivity index (χ4v) is 13.1. The number of carboxylic acid groups (broad SMARTS) is 1. The summed E-state index contributed by atoms with van der Waals surface area (Å²) in [6, 6.07) is 40.2. The van der Waals surface area contributed by atoms with Crippen LogP contribution in [0.25, 0.3) is 77.9 Å². The zero-order valence-corrected chi connectivity index (χ0v) is 78.3. The molecule has 14 heterocycles. The molecule has 14 aromatic heterocycles. The summed E-state index contributed by atoms with van der Waals surface area (Å²) in [7, 11) is 3.72. The van der Waals surface area contributed by atoms with E-state index in [-0.39, 0.29) is 54.2 Å². The molecule has 31 nitrogen and oxygen atoms in total. The monoisotopic (exact) mass is 2040 g/mol. The van der Waals surface area contributed by atoms with E-state index in [4.69, 9.17) is 29.9 Å². The van der Waals surface area contributed by atoms with Crippen molar-refractivity contribution < 1.29 is 103 Å². The van der Waals surface area contributed by atoms with Crippen LogP contribution in [0.4, 0.5) is 0 Å². The van der Waals surface area contributed by atoms with Crippen LogP contribution in [0.1, 0.15) is 97.8 Å². The number of aromatic carboxylic acids is 1. The van der Waals surface area contributed by atoms with Crippen molar-refractivity contribution in [2.45, 2.75) is 44.4 Å². The minimum atomic E-state index is -1.37. The molecule has 133 heavy (non-hydrogen) atoms. The second-order valence-electron chi connectivity index (χ2n) is 26.9. The number of pyridine rings is 14. The van der Waals surface area contributed by atoms with Gasteiger partial charge in [0.1, 0.15) is 11.5 Å². The Labute approximate surface area is 814 Å². The van der Waals surface area contributed by atoms with Crippen molar-refractivity contribution in [1.29, 1.82) is 0 Å². The Morgan fingerprint density at radius 2 is 0.684 bits per heavy atom. The van der Waals surface area contributed by atoms with Crippen LogP contribution in [0.2, 0.25) is 0 Å². The van der Waals surface area contributed by atoms with Crippen molar-refractivity contribution in [2.24, 2.45) is 0 Å². The first-order valence-corrected chi connectivity index (χ1v) is 42.6. The minimum Gasteiger partial charge on any atom is -1.00 e. The van der Waals surface area contributed by atoms with Crippen molar-refractivity contribution in [1.82, 2.24) is 69.8 Å². The molecule has 670 valence electrons. The number of carbonyl (C=O) groups excluding carboxylic acids is 5. The number of benzene rings is 1. The van der Waals surface area contributed by atoms with Gasteiger partial charge in [0, 0.05) is 276 Å². The van der Waals surface area contributed by atoms with E-state index in [1.807, 2.05) is 84.9 Å². The topological polar surface area (TPSA) is 460 Å². The van der Waals surface area contributed by atoms with E-state index in [9.17, 15) is 28.8 Å². The number of esters is 3. The maximum Gasteiger partial charge on any atom is 1.00 e. The van der Waals surface area contributed by atoms with E-state index in [0.717, 1.165) is 111 Å². The number of hydrogen-bond acceptors (Lipinski definition) is 30. The van der Waals surface area contributed by atoms with E-state index in [2.05, 4.69) is 159 Å². The van der Waals surface area contributed by atoms with E-state index in [1.165, 1.54) is 64.6 Å². The van der Waals surface area contributed by atoms with Crippen LogP contribution in [0.3, 0.4) is 0 Å². The zero-order valence-electron chi connectivity index (χ0n) is 73.0. The molecule has 0 amide bonds. The molecule has 0 bridgehead atoms. The fraction of sp³-hybridized carbons (Fsp3) is 0.106. The quantitative estimate of drug-likeness (QED) is 0.00675. The van der Waals surface area contributed by atoms with E-state index in [1.54, 1.807) is 186 Å². The number of carboxylic acids is 1. The van der Waals surface area contributed by atoms with Crippen LogP contribution >= 0.6 is 63.7 Å². The third-order valence-corrected chi connectivity index (χ3v) is 19.6. The maximum absolute atomic E-state index is 12.6. The van der Waals surface area contributed by atoms with Crippen LogP contribution in [-0.2, 0) is 24.3 Å². The van der Waals surface area contributed by atoms with Gasteiger partial charge in [0.25, 0.3) is 0 Å². The van der Waals surface area contributed by atoms with E-state index < -0.39 is 31.0 Å². The average molecular weight is 2040 g/mol.